The second-order valence-electron chi connectivity index (χ2n) is 11.3. The third-order valence-corrected chi connectivity index (χ3v) is 9.40. The monoisotopic (exact) mass is 577 g/mol. The van der Waals surface area contributed by atoms with E-state index in [2.05, 4.69) is 37.0 Å². The van der Waals surface area contributed by atoms with Crippen molar-refractivity contribution in [1.82, 2.24) is 29.6 Å². The zero-order valence-corrected chi connectivity index (χ0v) is 24.5. The largest absolute Gasteiger partial charge is 0.451 e. The molecule has 40 heavy (non-hydrogen) atoms. The number of nitrogens with zero attached hydrogens (tertiary/aromatic N) is 7. The number of thiophene rings is 1. The summed E-state index contributed by atoms with van der Waals surface area (Å²) < 4.78 is 41.4. The van der Waals surface area contributed by atoms with Gasteiger partial charge in [-0.1, -0.05) is 34.1 Å². The van der Waals surface area contributed by atoms with E-state index in [4.69, 9.17) is 9.97 Å². The van der Waals surface area contributed by atoms with Crippen molar-refractivity contribution in [1.29, 1.82) is 0 Å². The molecule has 8 nitrogen and oxygen atoms in total. The van der Waals surface area contributed by atoms with Crippen molar-refractivity contribution in [3.05, 3.63) is 28.4 Å². The number of carbonyl (C=O) groups excluding carboxylic acids is 1. The highest BCUT2D eigenvalue weighted by molar-refractivity contribution is 7.18. The van der Waals surface area contributed by atoms with Crippen molar-refractivity contribution >= 4 is 33.3 Å². The molecule has 3 atom stereocenters. The second kappa shape index (κ2) is 11.6. The fourth-order valence-corrected chi connectivity index (χ4v) is 7.07. The van der Waals surface area contributed by atoms with Crippen LogP contribution in [0.25, 0.3) is 10.2 Å². The number of aryl methyl sites for hydroxylation is 1. The number of rotatable bonds is 9. The van der Waals surface area contributed by atoms with Crippen LogP contribution in [0.2, 0.25) is 0 Å². The Morgan fingerprint density at radius 3 is 2.65 bits per heavy atom. The zero-order chi connectivity index (χ0) is 28.6. The Morgan fingerprint density at radius 1 is 1.12 bits per heavy atom. The smallest absolute Gasteiger partial charge is 0.347 e. The van der Waals surface area contributed by atoms with Gasteiger partial charge < -0.3 is 14.4 Å². The molecule has 3 aromatic heterocycles. The molecule has 5 rings (SSSR count). The molecule has 1 unspecified atom stereocenters. The first-order chi connectivity index (χ1) is 19.1. The van der Waals surface area contributed by atoms with E-state index >= 15 is 0 Å². The SMILES string of the molecule is CCCC(=O)N1CC[C@@H](C[C@H](C)C(C)c2nc(N3CCn4c(nnc4C(F)(F)F)C3)c3cc(CCC)sc3n2)C1. The molecular formula is C28H38F3N7OS. The second-order valence-corrected chi connectivity index (χ2v) is 12.5. The molecule has 218 valence electrons. The summed E-state index contributed by atoms with van der Waals surface area (Å²) in [4.78, 5) is 28.6. The maximum Gasteiger partial charge on any atom is 0.451 e. The zero-order valence-electron chi connectivity index (χ0n) is 23.7. The predicted octanol–water partition coefficient (Wildman–Crippen LogP) is 6.05. The van der Waals surface area contributed by atoms with Crippen molar-refractivity contribution in [3.63, 3.8) is 0 Å². The number of anilines is 1. The molecule has 0 N–H and O–H groups in total. The average molecular weight is 578 g/mol. The number of halogens is 3. The summed E-state index contributed by atoms with van der Waals surface area (Å²) in [5, 5.41) is 8.25. The van der Waals surface area contributed by atoms with Crippen LogP contribution in [0.15, 0.2) is 6.07 Å². The van der Waals surface area contributed by atoms with Gasteiger partial charge in [-0.2, -0.15) is 13.2 Å². The average Bonchev–Trinajstić information content (AvgIpc) is 3.65. The van der Waals surface area contributed by atoms with Crippen LogP contribution in [0.3, 0.4) is 0 Å². The van der Waals surface area contributed by atoms with E-state index in [1.54, 1.807) is 11.3 Å². The minimum absolute atomic E-state index is 0.0885. The Hall–Kier alpha value is -2.76. The Bertz CT molecular complexity index is 1350. The first-order valence-electron chi connectivity index (χ1n) is 14.4. The van der Waals surface area contributed by atoms with E-state index in [0.717, 1.165) is 67.1 Å². The third-order valence-electron chi connectivity index (χ3n) is 8.31. The fourth-order valence-electron chi connectivity index (χ4n) is 5.94. The van der Waals surface area contributed by atoms with Crippen molar-refractivity contribution in [2.75, 3.05) is 24.5 Å². The summed E-state index contributed by atoms with van der Waals surface area (Å²) in [6, 6.07) is 2.14. The number of likely N-dealkylation sites (tertiary alicyclic amines) is 1. The lowest BCUT2D eigenvalue weighted by molar-refractivity contribution is -0.147. The minimum atomic E-state index is -4.53. The molecule has 2 aliphatic heterocycles. The predicted molar refractivity (Wildman–Crippen MR) is 149 cm³/mol. The summed E-state index contributed by atoms with van der Waals surface area (Å²) in [6.07, 6.45) is 0.930. The van der Waals surface area contributed by atoms with Gasteiger partial charge in [0, 0.05) is 43.4 Å². The molecule has 0 radical (unpaired) electrons. The maximum absolute atomic E-state index is 13.4. The van der Waals surface area contributed by atoms with Crippen molar-refractivity contribution in [2.45, 2.75) is 91.4 Å². The fraction of sp³-hybridized carbons (Fsp3) is 0.679. The van der Waals surface area contributed by atoms with Crippen LogP contribution in [0.1, 0.15) is 88.1 Å². The standard InChI is InChI=1S/C28H38F3N7OS/c1-5-7-20-14-21-25(37-11-12-38-22(16-37)34-35-27(38)28(29,30)31)32-24(33-26(21)40-20)18(4)17(3)13-19-9-10-36(15-19)23(39)8-6-2/h14,17-19H,5-13,15-16H2,1-4H3/t17-,18?,19-/m0/s1. The third kappa shape index (κ3) is 5.82. The minimum Gasteiger partial charge on any atom is -0.347 e. The Balaban J connectivity index is 1.39. The van der Waals surface area contributed by atoms with Gasteiger partial charge in [0.15, 0.2) is 5.82 Å². The number of hydrogen-bond donors (Lipinski definition) is 0. The Kier molecular flexibility index (Phi) is 8.35. The summed E-state index contributed by atoms with van der Waals surface area (Å²) in [7, 11) is 0. The number of amides is 1. The summed E-state index contributed by atoms with van der Waals surface area (Å²) in [6.45, 7) is 11.0. The van der Waals surface area contributed by atoms with Crippen LogP contribution in [0, 0.1) is 11.8 Å². The molecule has 2 aliphatic rings. The van der Waals surface area contributed by atoms with Crippen molar-refractivity contribution in [3.8, 4) is 0 Å². The summed E-state index contributed by atoms with van der Waals surface area (Å²) >= 11 is 1.67. The van der Waals surface area contributed by atoms with Crippen LogP contribution < -0.4 is 4.90 Å². The van der Waals surface area contributed by atoms with Gasteiger partial charge in [0.1, 0.15) is 16.5 Å². The molecule has 3 aromatic rings. The van der Waals surface area contributed by atoms with Gasteiger partial charge in [-0.15, -0.1) is 21.5 Å². The van der Waals surface area contributed by atoms with Crippen LogP contribution >= 0.6 is 11.3 Å². The number of aromatic nitrogens is 5. The van der Waals surface area contributed by atoms with E-state index in [-0.39, 0.29) is 24.9 Å². The van der Waals surface area contributed by atoms with Gasteiger partial charge >= 0.3 is 6.18 Å². The summed E-state index contributed by atoms with van der Waals surface area (Å²) in [5.41, 5.74) is 0. The molecule has 0 saturated carbocycles. The molecule has 1 fully saturated rings. The maximum atomic E-state index is 13.4. The Morgan fingerprint density at radius 2 is 1.93 bits per heavy atom. The number of carbonyl (C=O) groups is 1. The highest BCUT2D eigenvalue weighted by Crippen LogP contribution is 2.38. The van der Waals surface area contributed by atoms with E-state index in [9.17, 15) is 18.0 Å². The lowest BCUT2D eigenvalue weighted by Gasteiger charge is -2.30. The Labute approximate surface area is 237 Å². The van der Waals surface area contributed by atoms with Crippen molar-refractivity contribution in [2.24, 2.45) is 11.8 Å². The lowest BCUT2D eigenvalue weighted by atomic mass is 9.86. The molecule has 1 saturated heterocycles. The topological polar surface area (TPSA) is 80.0 Å². The molecule has 1 amide bonds. The van der Waals surface area contributed by atoms with Crippen LogP contribution in [0.5, 0.6) is 0 Å². The molecule has 0 spiro atoms. The van der Waals surface area contributed by atoms with E-state index in [1.165, 1.54) is 9.44 Å². The van der Waals surface area contributed by atoms with E-state index < -0.39 is 12.0 Å². The molecular weight excluding hydrogens is 539 g/mol. The summed E-state index contributed by atoms with van der Waals surface area (Å²) in [5.74, 6) is 2.00. The van der Waals surface area contributed by atoms with Crippen LogP contribution in [-0.2, 0) is 30.5 Å². The molecule has 0 bridgehead atoms. The van der Waals surface area contributed by atoms with Gasteiger partial charge in [0.2, 0.25) is 11.7 Å². The number of hydrogen-bond acceptors (Lipinski definition) is 7. The van der Waals surface area contributed by atoms with Gasteiger partial charge in [0.05, 0.1) is 11.9 Å². The first-order valence-corrected chi connectivity index (χ1v) is 15.2. The highest BCUT2D eigenvalue weighted by Gasteiger charge is 2.40. The van der Waals surface area contributed by atoms with Crippen LogP contribution in [0.4, 0.5) is 19.0 Å². The van der Waals surface area contributed by atoms with Gasteiger partial charge in [-0.05, 0) is 43.6 Å². The normalized spacial score (nSPS) is 19.3. The van der Waals surface area contributed by atoms with Crippen molar-refractivity contribution < 1.29 is 18.0 Å². The lowest BCUT2D eigenvalue weighted by Crippen LogP contribution is -2.36. The number of fused-ring (bicyclic) bond motifs is 2. The van der Waals surface area contributed by atoms with Gasteiger partial charge in [-0.25, -0.2) is 9.97 Å². The van der Waals surface area contributed by atoms with E-state index in [0.29, 0.717) is 30.6 Å². The molecule has 5 heterocycles. The van der Waals surface area contributed by atoms with Gasteiger partial charge in [-0.3, -0.25) is 4.79 Å². The number of alkyl halides is 3. The molecule has 0 aromatic carbocycles. The van der Waals surface area contributed by atoms with E-state index in [1.807, 2.05) is 16.7 Å². The molecule has 0 aliphatic carbocycles. The first kappa shape index (κ1) is 28.8. The highest BCUT2D eigenvalue weighted by atomic mass is 32.1. The van der Waals surface area contributed by atoms with Gasteiger partial charge in [0.25, 0.3) is 0 Å². The van der Waals surface area contributed by atoms with Crippen LogP contribution in [-0.4, -0.2) is 55.2 Å². The molecule has 12 heteroatoms. The quantitative estimate of drug-likeness (QED) is 0.308.